The van der Waals surface area contributed by atoms with E-state index in [0.29, 0.717) is 6.61 Å². The maximum atomic E-state index is 10.4. The smallest absolute Gasteiger partial charge is 0.302 e. The number of hydrogen-bond acceptors (Lipinski definition) is 2. The number of rotatable bonds is 4. The van der Waals surface area contributed by atoms with E-state index in [0.717, 1.165) is 6.42 Å². The molecule has 0 aromatic rings. The van der Waals surface area contributed by atoms with E-state index in [1.807, 2.05) is 0 Å². The first-order valence-corrected chi connectivity index (χ1v) is 7.17. The van der Waals surface area contributed by atoms with Gasteiger partial charge in [-0.1, -0.05) is 0 Å². The first kappa shape index (κ1) is 14.7. The summed E-state index contributed by atoms with van der Waals surface area (Å²) in [5, 5.41) is 0. The van der Waals surface area contributed by atoms with E-state index in [-0.39, 0.29) is 18.4 Å². The molecule has 0 aliphatic heterocycles. The van der Waals surface area contributed by atoms with Gasteiger partial charge in [-0.3, -0.25) is 4.79 Å². The molecule has 0 bridgehead atoms. The number of carbonyl (C=O) groups excluding carboxylic acids is 1. The molecule has 4 heteroatoms. The molecule has 74 valence electrons. The van der Waals surface area contributed by atoms with Crippen LogP contribution in [0, 0.1) is 0 Å². The number of esters is 1. The van der Waals surface area contributed by atoms with E-state index < -0.39 is 7.26 Å². The van der Waals surface area contributed by atoms with Crippen LogP contribution < -0.4 is 12.4 Å². The van der Waals surface area contributed by atoms with Gasteiger partial charge in [0.05, 0.1) is 12.8 Å². The Morgan fingerprint density at radius 2 is 1.83 bits per heavy atom. The first-order valence-electron chi connectivity index (χ1n) is 3.85. The van der Waals surface area contributed by atoms with Crippen molar-refractivity contribution in [3.05, 3.63) is 0 Å². The molecule has 0 aliphatic rings. The largest absolute Gasteiger partial charge is 1.00 e. The maximum Gasteiger partial charge on any atom is 0.302 e. The second-order valence-corrected chi connectivity index (χ2v) is 8.74. The third kappa shape index (κ3) is 12.8. The van der Waals surface area contributed by atoms with E-state index in [1.54, 1.807) is 0 Å². The molecule has 0 atom stereocenters. The van der Waals surface area contributed by atoms with Crippen LogP contribution in [-0.4, -0.2) is 38.7 Å². The van der Waals surface area contributed by atoms with Crippen LogP contribution in [-0.2, 0) is 9.53 Å². The van der Waals surface area contributed by atoms with Crippen molar-refractivity contribution in [3.63, 3.8) is 0 Å². The average molecular weight is 213 g/mol. The summed E-state index contributed by atoms with van der Waals surface area (Å²) in [6, 6.07) is 0. The Kier molecular flexibility index (Phi) is 8.18. The van der Waals surface area contributed by atoms with E-state index in [9.17, 15) is 4.79 Å². The molecule has 0 spiro atoms. The number of ether oxygens (including phenoxy) is 1. The lowest BCUT2D eigenvalue weighted by Gasteiger charge is -2.10. The SMILES string of the molecule is CC(=O)OCCC[P+](C)(C)C.[Cl-]. The number of hydrogen-bond donors (Lipinski definition) is 0. The highest BCUT2D eigenvalue weighted by Crippen LogP contribution is 2.46. The van der Waals surface area contributed by atoms with Gasteiger partial charge in [-0.15, -0.1) is 0 Å². The van der Waals surface area contributed by atoms with Gasteiger partial charge in [0.2, 0.25) is 0 Å². The summed E-state index contributed by atoms with van der Waals surface area (Å²) in [6.45, 7) is 8.92. The van der Waals surface area contributed by atoms with Crippen molar-refractivity contribution in [1.82, 2.24) is 0 Å². The Hall–Kier alpha value is 0.190. The van der Waals surface area contributed by atoms with Crippen LogP contribution in [0.5, 0.6) is 0 Å². The molecule has 2 nitrogen and oxygen atoms in total. The molecular formula is C8H18ClO2P. The summed E-state index contributed by atoms with van der Waals surface area (Å²) in [5.74, 6) is -0.169. The fraction of sp³-hybridized carbons (Fsp3) is 0.875. The standard InChI is InChI=1S/C8H18O2P.ClH/c1-8(9)10-6-5-7-11(2,3)4;/h5-7H2,1-4H3;1H/q+1;/p-1. The Morgan fingerprint density at radius 1 is 1.33 bits per heavy atom. The third-order valence-corrected chi connectivity index (χ3v) is 2.94. The second-order valence-electron chi connectivity index (χ2n) is 3.71. The fourth-order valence-electron chi connectivity index (χ4n) is 0.755. The highest BCUT2D eigenvalue weighted by molar-refractivity contribution is 7.73. The molecule has 0 aromatic heterocycles. The first-order chi connectivity index (χ1) is 4.92. The minimum atomic E-state index is -0.667. The number of halogens is 1. The highest BCUT2D eigenvalue weighted by Gasteiger charge is 2.15. The van der Waals surface area contributed by atoms with Crippen LogP contribution in [0.4, 0.5) is 0 Å². The fourth-order valence-corrected chi connectivity index (χ4v) is 1.83. The zero-order chi connectivity index (χ0) is 8.91. The topological polar surface area (TPSA) is 26.3 Å². The van der Waals surface area contributed by atoms with Crippen LogP contribution >= 0.6 is 7.26 Å². The summed E-state index contributed by atoms with van der Waals surface area (Å²) in [6.07, 6.45) is 2.22. The Morgan fingerprint density at radius 3 is 2.17 bits per heavy atom. The molecule has 12 heavy (non-hydrogen) atoms. The maximum absolute atomic E-state index is 10.4. The summed E-state index contributed by atoms with van der Waals surface area (Å²) < 4.78 is 4.82. The molecule has 0 saturated carbocycles. The van der Waals surface area contributed by atoms with Crippen molar-refractivity contribution in [2.45, 2.75) is 13.3 Å². The molecule has 0 aromatic carbocycles. The second kappa shape index (κ2) is 6.68. The van der Waals surface area contributed by atoms with Crippen LogP contribution in [0.3, 0.4) is 0 Å². The summed E-state index contributed by atoms with van der Waals surface area (Å²) in [5.41, 5.74) is 0. The molecule has 0 amide bonds. The minimum absolute atomic E-state index is 0. The molecule has 0 saturated heterocycles. The average Bonchev–Trinajstić information content (AvgIpc) is 1.78. The minimum Gasteiger partial charge on any atom is -1.00 e. The molecule has 0 rings (SSSR count). The molecule has 0 N–H and O–H groups in total. The van der Waals surface area contributed by atoms with Gasteiger partial charge in [0.1, 0.15) is 0 Å². The van der Waals surface area contributed by atoms with Crippen LogP contribution in [0.1, 0.15) is 13.3 Å². The van der Waals surface area contributed by atoms with E-state index in [4.69, 9.17) is 4.74 Å². The summed E-state index contributed by atoms with van der Waals surface area (Å²) >= 11 is 0. The zero-order valence-electron chi connectivity index (χ0n) is 8.26. The van der Waals surface area contributed by atoms with Gasteiger partial charge in [0.25, 0.3) is 0 Å². The Labute approximate surface area is 81.8 Å². The third-order valence-electron chi connectivity index (χ3n) is 1.28. The van der Waals surface area contributed by atoms with Gasteiger partial charge in [-0.05, 0) is 0 Å². The van der Waals surface area contributed by atoms with Gasteiger partial charge in [0.15, 0.2) is 0 Å². The normalized spacial score (nSPS) is 10.3. The van der Waals surface area contributed by atoms with Crippen LogP contribution in [0.15, 0.2) is 0 Å². The Balaban J connectivity index is 0. The predicted molar refractivity (Wildman–Crippen MR) is 50.8 cm³/mol. The highest BCUT2D eigenvalue weighted by atomic mass is 35.5. The lowest BCUT2D eigenvalue weighted by molar-refractivity contribution is -0.140. The van der Waals surface area contributed by atoms with Crippen LogP contribution in [0.2, 0.25) is 0 Å². The summed E-state index contributed by atoms with van der Waals surface area (Å²) in [4.78, 5) is 10.4. The van der Waals surface area contributed by atoms with Crippen molar-refractivity contribution in [2.24, 2.45) is 0 Å². The number of carbonyl (C=O) groups is 1. The molecule has 0 unspecified atom stereocenters. The van der Waals surface area contributed by atoms with Crippen LogP contribution in [0.25, 0.3) is 0 Å². The lowest BCUT2D eigenvalue weighted by Crippen LogP contribution is -3.00. The van der Waals surface area contributed by atoms with Gasteiger partial charge in [0, 0.05) is 40.6 Å². The van der Waals surface area contributed by atoms with E-state index in [1.165, 1.54) is 13.1 Å². The monoisotopic (exact) mass is 212 g/mol. The quantitative estimate of drug-likeness (QED) is 0.334. The van der Waals surface area contributed by atoms with Crippen molar-refractivity contribution in [2.75, 3.05) is 32.8 Å². The Bertz CT molecular complexity index is 132. The molecule has 0 fully saturated rings. The van der Waals surface area contributed by atoms with Crippen molar-refractivity contribution >= 4 is 13.2 Å². The molecule has 0 heterocycles. The van der Waals surface area contributed by atoms with Gasteiger partial charge < -0.3 is 17.1 Å². The summed E-state index contributed by atoms with van der Waals surface area (Å²) in [7, 11) is -0.667. The van der Waals surface area contributed by atoms with E-state index in [2.05, 4.69) is 20.0 Å². The van der Waals surface area contributed by atoms with Crippen molar-refractivity contribution < 1.29 is 21.9 Å². The van der Waals surface area contributed by atoms with Gasteiger partial charge >= 0.3 is 5.97 Å². The van der Waals surface area contributed by atoms with E-state index >= 15 is 0 Å². The van der Waals surface area contributed by atoms with Gasteiger partial charge in [-0.25, -0.2) is 0 Å². The lowest BCUT2D eigenvalue weighted by atomic mass is 10.5. The predicted octanol–water partition coefficient (Wildman–Crippen LogP) is -1.15. The van der Waals surface area contributed by atoms with Crippen molar-refractivity contribution in [3.8, 4) is 0 Å². The molecular weight excluding hydrogens is 195 g/mol. The molecule has 0 radical (unpaired) electrons. The molecule has 0 aliphatic carbocycles. The zero-order valence-corrected chi connectivity index (χ0v) is 9.91. The van der Waals surface area contributed by atoms with Crippen molar-refractivity contribution in [1.29, 1.82) is 0 Å². The van der Waals surface area contributed by atoms with Gasteiger partial charge in [-0.2, -0.15) is 0 Å².